The maximum atomic E-state index is 14.8. The number of benzene rings is 1. The number of nitrogens with one attached hydrogen (secondary N) is 3. The van der Waals surface area contributed by atoms with Gasteiger partial charge in [-0.05, 0) is 84.1 Å². The van der Waals surface area contributed by atoms with Gasteiger partial charge in [-0.2, -0.15) is 0 Å². The molecule has 5 unspecified atom stereocenters. The number of para-hydroxylation sites is 1. The summed E-state index contributed by atoms with van der Waals surface area (Å²) < 4.78 is 34.6. The van der Waals surface area contributed by atoms with Gasteiger partial charge in [0.25, 0.3) is 5.91 Å². The van der Waals surface area contributed by atoms with Crippen LogP contribution >= 0.6 is 0 Å². The number of fused-ring (bicyclic) bond motifs is 5. The third kappa shape index (κ3) is 6.54. The first-order chi connectivity index (χ1) is 25.3. The maximum absolute atomic E-state index is 14.8. The molecule has 14 heteroatoms. The summed E-state index contributed by atoms with van der Waals surface area (Å²) in [5.74, 6) is -1.40. The van der Waals surface area contributed by atoms with Crippen LogP contribution in [0.5, 0.6) is 5.75 Å². The fourth-order valence-corrected chi connectivity index (χ4v) is 10.1. The Bertz CT molecular complexity index is 1990. The molecule has 53 heavy (non-hydrogen) atoms. The smallest absolute Gasteiger partial charge is 0.318 e. The number of nitrogens with zero attached hydrogens (tertiary/aromatic N) is 3. The van der Waals surface area contributed by atoms with E-state index in [9.17, 15) is 27.6 Å². The maximum Gasteiger partial charge on any atom is 0.318 e. The van der Waals surface area contributed by atoms with E-state index in [1.54, 1.807) is 16.7 Å². The Morgan fingerprint density at radius 2 is 1.79 bits per heavy atom. The summed E-state index contributed by atoms with van der Waals surface area (Å²) in [6, 6.07) is 5.76. The Morgan fingerprint density at radius 3 is 2.57 bits per heavy atom. The van der Waals surface area contributed by atoms with Crippen molar-refractivity contribution in [1.29, 1.82) is 0 Å². The first-order valence-corrected chi connectivity index (χ1v) is 20.8. The lowest BCUT2D eigenvalue weighted by molar-refractivity contribution is -0.141. The molecule has 8 rings (SSSR count). The van der Waals surface area contributed by atoms with Gasteiger partial charge in [0.2, 0.25) is 21.8 Å². The van der Waals surface area contributed by atoms with E-state index >= 15 is 0 Å². The van der Waals surface area contributed by atoms with E-state index in [2.05, 4.69) is 15.4 Å². The second-order valence-corrected chi connectivity index (χ2v) is 18.6. The zero-order valence-electron chi connectivity index (χ0n) is 30.6. The second-order valence-electron chi connectivity index (χ2n) is 16.4. The van der Waals surface area contributed by atoms with Crippen molar-refractivity contribution in [3.63, 3.8) is 0 Å². The average Bonchev–Trinajstić information content (AvgIpc) is 3.90. The molecule has 5 heterocycles. The molecule has 2 saturated heterocycles. The zero-order valence-corrected chi connectivity index (χ0v) is 31.4. The summed E-state index contributed by atoms with van der Waals surface area (Å²) in [5.41, 5.74) is 0.254. The van der Waals surface area contributed by atoms with Gasteiger partial charge >= 0.3 is 6.03 Å². The molecule has 13 nitrogen and oxygen atoms in total. The Hall–Kier alpha value is -4.20. The first-order valence-electron chi connectivity index (χ1n) is 19.3. The molecule has 2 aromatic rings. The van der Waals surface area contributed by atoms with Crippen LogP contribution in [-0.2, 0) is 30.8 Å². The molecular weight excluding hydrogens is 697 g/mol. The van der Waals surface area contributed by atoms with E-state index in [0.29, 0.717) is 57.4 Å². The van der Waals surface area contributed by atoms with Crippen molar-refractivity contribution in [3.05, 3.63) is 47.7 Å². The normalized spacial score (nSPS) is 31.0. The fourth-order valence-electron chi connectivity index (χ4n) is 8.80. The van der Waals surface area contributed by atoms with Crippen LogP contribution in [0, 0.1) is 12.8 Å². The van der Waals surface area contributed by atoms with E-state index in [1.165, 1.54) is 0 Å². The number of carbonyl (C=O) groups is 4. The largest absolute Gasteiger partial charge is 0.483 e. The number of likely N-dealkylation sites (tertiary alicyclic amines) is 1. The number of rotatable bonds is 4. The first kappa shape index (κ1) is 35.8. The lowest BCUT2D eigenvalue weighted by Crippen LogP contribution is -2.59. The van der Waals surface area contributed by atoms with Gasteiger partial charge in [-0.25, -0.2) is 18.2 Å². The van der Waals surface area contributed by atoms with E-state index < -0.39 is 55.7 Å². The number of allylic oxidation sites excluding steroid dienone is 1. The van der Waals surface area contributed by atoms with Gasteiger partial charge in [-0.15, -0.1) is 0 Å². The number of sulfonamides is 1. The highest BCUT2D eigenvalue weighted by Gasteiger charge is 2.64. The molecule has 2 saturated carbocycles. The highest BCUT2D eigenvalue weighted by atomic mass is 32.2. The Labute approximate surface area is 310 Å². The minimum Gasteiger partial charge on any atom is -0.483 e. The SMILES string of the molecule is Cc1nc2ccccc2c2c1OC1(CC2)CC2C(=O)NC3(C(=O)NS(=O)(=O)C4(C)CC4)CC3C=CCCCCCC(NC(=O)N3CCCC3)C(=O)N2C1. The lowest BCUT2D eigenvalue weighted by atomic mass is 9.87. The number of aromatic nitrogens is 1. The van der Waals surface area contributed by atoms with Crippen LogP contribution in [0.4, 0.5) is 4.79 Å². The van der Waals surface area contributed by atoms with E-state index in [0.717, 1.165) is 54.3 Å². The number of urea groups is 1. The molecular formula is C39H50N6O7S. The summed E-state index contributed by atoms with van der Waals surface area (Å²) in [4.78, 5) is 64.8. The molecule has 0 bridgehead atoms. The summed E-state index contributed by atoms with van der Waals surface area (Å²) in [6.45, 7) is 4.89. The minimum atomic E-state index is -3.96. The van der Waals surface area contributed by atoms with E-state index in [1.807, 2.05) is 43.3 Å². The third-order valence-corrected chi connectivity index (χ3v) is 14.7. The van der Waals surface area contributed by atoms with Gasteiger partial charge in [0, 0.05) is 36.4 Å². The molecule has 3 N–H and O–H groups in total. The van der Waals surface area contributed by atoms with Crippen molar-refractivity contribution in [3.8, 4) is 5.75 Å². The number of amides is 5. The van der Waals surface area contributed by atoms with Gasteiger partial charge in [0.15, 0.2) is 0 Å². The van der Waals surface area contributed by atoms with Crippen molar-refractivity contribution in [2.45, 2.75) is 125 Å². The molecule has 1 aromatic carbocycles. The average molecular weight is 747 g/mol. The molecule has 2 aliphatic carbocycles. The van der Waals surface area contributed by atoms with Gasteiger partial charge < -0.3 is 25.2 Å². The minimum absolute atomic E-state index is 0.112. The topological polar surface area (TPSA) is 167 Å². The highest BCUT2D eigenvalue weighted by Crippen LogP contribution is 2.49. The van der Waals surface area contributed by atoms with Gasteiger partial charge in [0.05, 0.1) is 22.5 Å². The van der Waals surface area contributed by atoms with Crippen molar-refractivity contribution < 1.29 is 32.3 Å². The number of ether oxygens (including phenoxy) is 1. The van der Waals surface area contributed by atoms with E-state index in [-0.39, 0.29) is 31.3 Å². The number of hydrogen-bond acceptors (Lipinski definition) is 8. The van der Waals surface area contributed by atoms with Crippen molar-refractivity contribution in [1.82, 2.24) is 30.1 Å². The molecule has 4 fully saturated rings. The summed E-state index contributed by atoms with van der Waals surface area (Å²) in [6.07, 6.45) is 11.8. The molecule has 284 valence electrons. The summed E-state index contributed by atoms with van der Waals surface area (Å²) in [7, 11) is -3.96. The van der Waals surface area contributed by atoms with Gasteiger partial charge in [-0.1, -0.05) is 43.2 Å². The summed E-state index contributed by atoms with van der Waals surface area (Å²) in [5, 5.41) is 7.00. The molecule has 6 aliphatic rings. The van der Waals surface area contributed by atoms with Crippen molar-refractivity contribution >= 4 is 44.7 Å². The van der Waals surface area contributed by atoms with Crippen LogP contribution in [0.2, 0.25) is 0 Å². The zero-order chi connectivity index (χ0) is 37.2. The predicted octanol–water partition coefficient (Wildman–Crippen LogP) is 3.78. The van der Waals surface area contributed by atoms with Crippen LogP contribution in [0.15, 0.2) is 36.4 Å². The Balaban J connectivity index is 1.13. The van der Waals surface area contributed by atoms with Crippen LogP contribution in [0.25, 0.3) is 10.9 Å². The number of pyridine rings is 1. The lowest BCUT2D eigenvalue weighted by Gasteiger charge is -2.36. The van der Waals surface area contributed by atoms with E-state index in [4.69, 9.17) is 9.72 Å². The molecule has 1 spiro atoms. The molecule has 4 aliphatic heterocycles. The van der Waals surface area contributed by atoms with Crippen LogP contribution in [0.1, 0.15) is 95.2 Å². The van der Waals surface area contributed by atoms with Crippen LogP contribution < -0.4 is 20.1 Å². The molecule has 0 radical (unpaired) electrons. The highest BCUT2D eigenvalue weighted by molar-refractivity contribution is 7.91. The number of carbonyl (C=O) groups excluding carboxylic acids is 4. The standard InChI is InChI=1S/C39H50N6O7S/c1-25-32-28(27-13-8-9-14-29(27)40-25)16-17-38(52-32)23-31-33(46)42-39(35(48)43-53(50,51)37(2)18-19-37)22-26(39)12-6-4-3-5-7-15-30(34(47)45(31)24-38)41-36(49)44-20-10-11-21-44/h6,8-9,12-14,26,30-31H,3-5,7,10-11,15-24H2,1-2H3,(H,41,49)(H,42,46)(H,43,48). The number of hydrogen-bond donors (Lipinski definition) is 3. The van der Waals surface area contributed by atoms with Gasteiger partial charge in [-0.3, -0.25) is 19.1 Å². The fraction of sp³-hybridized carbons (Fsp3) is 0.615. The quantitative estimate of drug-likeness (QED) is 0.398. The van der Waals surface area contributed by atoms with Crippen molar-refractivity contribution in [2.75, 3.05) is 19.6 Å². The molecule has 1 aromatic heterocycles. The van der Waals surface area contributed by atoms with Crippen LogP contribution in [0.3, 0.4) is 0 Å². The van der Waals surface area contributed by atoms with Crippen LogP contribution in [-0.4, -0.2) is 94.6 Å². The third-order valence-electron chi connectivity index (χ3n) is 12.6. The second kappa shape index (κ2) is 13.3. The predicted molar refractivity (Wildman–Crippen MR) is 197 cm³/mol. The monoisotopic (exact) mass is 746 g/mol. The molecule has 5 amide bonds. The number of aryl methyl sites for hydroxylation is 2. The Morgan fingerprint density at radius 1 is 1.02 bits per heavy atom. The van der Waals surface area contributed by atoms with Gasteiger partial charge in [0.1, 0.15) is 29.0 Å². The molecule has 5 atom stereocenters. The Kier molecular flexibility index (Phi) is 8.97. The summed E-state index contributed by atoms with van der Waals surface area (Å²) >= 11 is 0. The van der Waals surface area contributed by atoms with Crippen molar-refractivity contribution in [2.24, 2.45) is 5.92 Å².